The minimum atomic E-state index is -3.92. The second-order valence-electron chi connectivity index (χ2n) is 9.87. The first-order valence-corrected chi connectivity index (χ1v) is 16.1. The molecule has 0 heterocycles. The van der Waals surface area contributed by atoms with Crippen LogP contribution in [-0.4, -0.2) is 56.3 Å². The molecule has 0 aliphatic rings. The summed E-state index contributed by atoms with van der Waals surface area (Å²) in [6.45, 7) is 3.44. The number of amides is 2. The zero-order chi connectivity index (χ0) is 30.0. The molecule has 3 rings (SSSR count). The molecule has 3 aromatic rings. The summed E-state index contributed by atoms with van der Waals surface area (Å²) >= 11 is 3.43. The molecule has 8 nitrogen and oxygen atoms in total. The summed E-state index contributed by atoms with van der Waals surface area (Å²) < 4.78 is 27.7. The van der Waals surface area contributed by atoms with Crippen molar-refractivity contribution in [3.8, 4) is 0 Å². The summed E-state index contributed by atoms with van der Waals surface area (Å²) in [6, 6.07) is 22.1. The Kier molecular flexibility index (Phi) is 11.7. The number of rotatable bonds is 14. The fourth-order valence-electron chi connectivity index (χ4n) is 4.34. The van der Waals surface area contributed by atoms with Crippen LogP contribution in [0, 0.1) is 0 Å². The molecule has 2 amide bonds. The van der Waals surface area contributed by atoms with Gasteiger partial charge in [-0.25, -0.2) is 8.42 Å². The highest BCUT2D eigenvalue weighted by atomic mass is 79.9. The van der Waals surface area contributed by atoms with Crippen LogP contribution in [0.4, 0.5) is 5.69 Å². The minimum Gasteiger partial charge on any atom is -0.354 e. The van der Waals surface area contributed by atoms with E-state index in [9.17, 15) is 22.8 Å². The zero-order valence-electron chi connectivity index (χ0n) is 23.5. The molecule has 41 heavy (non-hydrogen) atoms. The van der Waals surface area contributed by atoms with E-state index >= 15 is 0 Å². The van der Waals surface area contributed by atoms with Gasteiger partial charge >= 0.3 is 0 Å². The maximum Gasteiger partial charge on any atom is 0.244 e. The van der Waals surface area contributed by atoms with Crippen LogP contribution in [0.15, 0.2) is 83.3 Å². The smallest absolute Gasteiger partial charge is 0.244 e. The Morgan fingerprint density at radius 1 is 0.927 bits per heavy atom. The van der Waals surface area contributed by atoms with Crippen molar-refractivity contribution in [2.75, 3.05) is 23.7 Å². The van der Waals surface area contributed by atoms with Crippen molar-refractivity contribution in [1.82, 2.24) is 10.2 Å². The summed E-state index contributed by atoms with van der Waals surface area (Å²) in [7, 11) is -3.92. The quantitative estimate of drug-likeness (QED) is 0.198. The fourth-order valence-corrected chi connectivity index (χ4v) is 5.45. The molecule has 0 radical (unpaired) electrons. The van der Waals surface area contributed by atoms with Gasteiger partial charge in [-0.15, -0.1) is 0 Å². The van der Waals surface area contributed by atoms with Crippen LogP contribution >= 0.6 is 15.9 Å². The van der Waals surface area contributed by atoms with E-state index in [1.165, 1.54) is 17.9 Å². The van der Waals surface area contributed by atoms with Crippen LogP contribution in [0.3, 0.4) is 0 Å². The predicted octanol–water partition coefficient (Wildman–Crippen LogP) is 4.97. The second-order valence-corrected chi connectivity index (χ2v) is 12.7. The van der Waals surface area contributed by atoms with Gasteiger partial charge in [0, 0.05) is 29.5 Å². The summed E-state index contributed by atoms with van der Waals surface area (Å²) in [5.41, 5.74) is 2.17. The van der Waals surface area contributed by atoms with Crippen LogP contribution in [-0.2, 0) is 32.6 Å². The van der Waals surface area contributed by atoms with Gasteiger partial charge in [-0.1, -0.05) is 83.9 Å². The number of benzene rings is 3. The number of halogens is 1. The van der Waals surface area contributed by atoms with Gasteiger partial charge in [0.2, 0.25) is 21.8 Å². The first-order chi connectivity index (χ1) is 19.5. The highest BCUT2D eigenvalue weighted by molar-refractivity contribution is 9.10. The normalized spacial score (nSPS) is 11.9. The topological polar surface area (TPSA) is 104 Å². The third kappa shape index (κ3) is 9.54. The molecule has 0 aliphatic carbocycles. The Morgan fingerprint density at radius 2 is 1.61 bits per heavy atom. The third-order valence-corrected chi connectivity index (χ3v) is 8.26. The number of unbranched alkanes of at least 4 members (excludes halogenated alkanes) is 1. The summed E-state index contributed by atoms with van der Waals surface area (Å²) in [4.78, 5) is 41.1. The van der Waals surface area contributed by atoms with Gasteiger partial charge in [-0.3, -0.25) is 18.7 Å². The van der Waals surface area contributed by atoms with Gasteiger partial charge < -0.3 is 10.2 Å². The molecule has 0 saturated carbocycles. The van der Waals surface area contributed by atoms with Crippen molar-refractivity contribution in [3.63, 3.8) is 0 Å². The number of carbonyl (C=O) groups is 3. The van der Waals surface area contributed by atoms with Gasteiger partial charge in [0.15, 0.2) is 5.78 Å². The number of ketones is 1. The van der Waals surface area contributed by atoms with E-state index < -0.39 is 28.5 Å². The van der Waals surface area contributed by atoms with Crippen molar-refractivity contribution in [3.05, 3.63) is 100 Å². The average Bonchev–Trinajstić information content (AvgIpc) is 2.94. The monoisotopic (exact) mass is 641 g/mol. The number of hydrogen-bond donors (Lipinski definition) is 1. The van der Waals surface area contributed by atoms with Crippen molar-refractivity contribution in [2.45, 2.75) is 45.7 Å². The van der Waals surface area contributed by atoms with E-state index in [0.29, 0.717) is 12.1 Å². The Morgan fingerprint density at radius 3 is 2.22 bits per heavy atom. The first kappa shape index (κ1) is 32.0. The van der Waals surface area contributed by atoms with Crippen molar-refractivity contribution >= 4 is 49.2 Å². The summed E-state index contributed by atoms with van der Waals surface area (Å²) in [6.07, 6.45) is 2.95. The molecule has 10 heteroatoms. The van der Waals surface area contributed by atoms with E-state index in [4.69, 9.17) is 0 Å². The van der Waals surface area contributed by atoms with Crippen LogP contribution in [0.25, 0.3) is 0 Å². The van der Waals surface area contributed by atoms with Crippen LogP contribution < -0.4 is 9.62 Å². The maximum atomic E-state index is 14.1. The third-order valence-electron chi connectivity index (χ3n) is 6.59. The standard InChI is InChI=1S/C31H36BrN3O5S/c1-4-5-18-33-31(38)29(19-24-10-7-6-8-11-24)34(21-25-14-16-27(32)17-15-25)30(37)22-35(41(3,39)40)28-13-9-12-26(20-28)23(2)36/h6-17,20,29H,4-5,18-19,21-22H2,1-3H3,(H,33,38)/t29-/m1/s1. The lowest BCUT2D eigenvalue weighted by Gasteiger charge is -2.33. The molecule has 0 unspecified atom stereocenters. The average molecular weight is 643 g/mol. The number of Topliss-reactive ketones (excluding diaryl/α,β-unsaturated/α-hetero) is 1. The van der Waals surface area contributed by atoms with Crippen molar-refractivity contribution in [2.24, 2.45) is 0 Å². The van der Waals surface area contributed by atoms with E-state index in [0.717, 1.165) is 39.0 Å². The van der Waals surface area contributed by atoms with Crippen molar-refractivity contribution in [1.29, 1.82) is 0 Å². The van der Waals surface area contributed by atoms with Crippen LogP contribution in [0.2, 0.25) is 0 Å². The Bertz CT molecular complexity index is 1450. The lowest BCUT2D eigenvalue weighted by atomic mass is 10.0. The number of hydrogen-bond acceptors (Lipinski definition) is 5. The van der Waals surface area contributed by atoms with Gasteiger partial charge in [0.05, 0.1) is 11.9 Å². The van der Waals surface area contributed by atoms with Crippen LogP contribution in [0.1, 0.15) is 48.2 Å². The summed E-state index contributed by atoms with van der Waals surface area (Å²) in [5.74, 6) is -1.08. The maximum absolute atomic E-state index is 14.1. The highest BCUT2D eigenvalue weighted by Crippen LogP contribution is 2.22. The van der Waals surface area contributed by atoms with Gasteiger partial charge in [0.1, 0.15) is 12.6 Å². The number of nitrogens with zero attached hydrogens (tertiary/aromatic N) is 2. The SMILES string of the molecule is CCCCNC(=O)[C@@H](Cc1ccccc1)N(Cc1ccc(Br)cc1)C(=O)CN(c1cccc(C(C)=O)c1)S(C)(=O)=O. The molecule has 0 aliphatic heterocycles. The Labute approximate surface area is 250 Å². The Hall–Kier alpha value is -3.50. The van der Waals surface area contributed by atoms with Gasteiger partial charge in [-0.2, -0.15) is 0 Å². The molecule has 0 aromatic heterocycles. The molecule has 0 spiro atoms. The lowest BCUT2D eigenvalue weighted by molar-refractivity contribution is -0.140. The molecule has 0 fully saturated rings. The van der Waals surface area contributed by atoms with Gasteiger partial charge in [0.25, 0.3) is 0 Å². The van der Waals surface area contributed by atoms with Gasteiger partial charge in [-0.05, 0) is 48.7 Å². The second kappa shape index (κ2) is 14.9. The van der Waals surface area contributed by atoms with Crippen LogP contribution in [0.5, 0.6) is 0 Å². The summed E-state index contributed by atoms with van der Waals surface area (Å²) in [5, 5.41) is 2.96. The molecule has 0 bridgehead atoms. The lowest BCUT2D eigenvalue weighted by Crippen LogP contribution is -2.53. The largest absolute Gasteiger partial charge is 0.354 e. The molecule has 1 atom stereocenters. The Balaban J connectivity index is 2.04. The molecule has 1 N–H and O–H groups in total. The van der Waals surface area contributed by atoms with E-state index in [2.05, 4.69) is 21.2 Å². The number of carbonyl (C=O) groups excluding carboxylic acids is 3. The first-order valence-electron chi connectivity index (χ1n) is 13.4. The number of anilines is 1. The van der Waals surface area contributed by atoms with E-state index in [1.54, 1.807) is 18.2 Å². The minimum absolute atomic E-state index is 0.0932. The zero-order valence-corrected chi connectivity index (χ0v) is 25.9. The predicted molar refractivity (Wildman–Crippen MR) is 165 cm³/mol. The fraction of sp³-hybridized carbons (Fsp3) is 0.323. The highest BCUT2D eigenvalue weighted by Gasteiger charge is 2.33. The molecular weight excluding hydrogens is 606 g/mol. The number of sulfonamides is 1. The molecule has 218 valence electrons. The molecule has 0 saturated heterocycles. The van der Waals surface area contributed by atoms with E-state index in [-0.39, 0.29) is 30.3 Å². The molecule has 3 aromatic carbocycles. The van der Waals surface area contributed by atoms with Crippen molar-refractivity contribution < 1.29 is 22.8 Å². The van der Waals surface area contributed by atoms with E-state index in [1.807, 2.05) is 61.5 Å². The number of nitrogens with one attached hydrogen (secondary N) is 1. The molecular formula is C31H36BrN3O5S.